The van der Waals surface area contributed by atoms with Crippen LogP contribution < -0.4 is 16.0 Å². The van der Waals surface area contributed by atoms with E-state index >= 15 is 0 Å². The number of nitrogens with zero attached hydrogens (tertiary/aromatic N) is 1. The Hall–Kier alpha value is -1.88. The van der Waals surface area contributed by atoms with Gasteiger partial charge in [0.1, 0.15) is 0 Å². The summed E-state index contributed by atoms with van der Waals surface area (Å²) in [7, 11) is 1.84. The third-order valence-electron chi connectivity index (χ3n) is 3.88. The predicted octanol–water partition coefficient (Wildman–Crippen LogP) is 1.03. The normalized spacial score (nSPS) is 19.9. The molecule has 3 rings (SSSR count). The monoisotopic (exact) mass is 259 g/mol. The molecular formula is C14H17N3O2. The molecule has 3 N–H and O–H groups in total. The number of nitrogens with two attached hydrogens (primary N) is 1. The van der Waals surface area contributed by atoms with Gasteiger partial charge in [-0.15, -0.1) is 0 Å². The standard InChI is InChI=1S/C14H17N3O2/c1-16-10-3-4-11-9(8-10)2-5-12(18)17(11)13(19)14(15)6-7-14/h3-4,8,16H,2,5-7,15H2,1H3. The molecule has 0 atom stereocenters. The maximum absolute atomic E-state index is 12.4. The van der Waals surface area contributed by atoms with Crippen molar-refractivity contribution in [1.82, 2.24) is 0 Å². The molecule has 0 radical (unpaired) electrons. The summed E-state index contributed by atoms with van der Waals surface area (Å²) in [6.45, 7) is 0. The average molecular weight is 259 g/mol. The second kappa shape index (κ2) is 4.06. The smallest absolute Gasteiger partial charge is 0.253 e. The van der Waals surface area contributed by atoms with Gasteiger partial charge in [-0.2, -0.15) is 0 Å². The third-order valence-corrected chi connectivity index (χ3v) is 3.88. The summed E-state index contributed by atoms with van der Waals surface area (Å²) in [6, 6.07) is 5.67. The highest BCUT2D eigenvalue weighted by atomic mass is 16.2. The Morgan fingerprint density at radius 2 is 2.11 bits per heavy atom. The molecular weight excluding hydrogens is 242 g/mol. The summed E-state index contributed by atoms with van der Waals surface area (Å²) in [6.07, 6.45) is 2.37. The van der Waals surface area contributed by atoms with Crippen LogP contribution in [0, 0.1) is 0 Å². The van der Waals surface area contributed by atoms with Gasteiger partial charge in [0.05, 0.1) is 11.2 Å². The van der Waals surface area contributed by atoms with E-state index in [1.54, 1.807) is 0 Å². The van der Waals surface area contributed by atoms with Crippen LogP contribution in [0.1, 0.15) is 24.8 Å². The Balaban J connectivity index is 2.01. The molecule has 0 unspecified atom stereocenters. The lowest BCUT2D eigenvalue weighted by Crippen LogP contribution is -2.50. The number of amides is 2. The topological polar surface area (TPSA) is 75.4 Å². The lowest BCUT2D eigenvalue weighted by molar-refractivity contribution is -0.128. The van der Waals surface area contributed by atoms with Crippen molar-refractivity contribution in [3.63, 3.8) is 0 Å². The van der Waals surface area contributed by atoms with Gasteiger partial charge in [0, 0.05) is 19.2 Å². The molecule has 1 aromatic carbocycles. The summed E-state index contributed by atoms with van der Waals surface area (Å²) in [5.74, 6) is -0.401. The molecule has 0 aromatic heterocycles. The minimum atomic E-state index is -0.814. The van der Waals surface area contributed by atoms with Crippen LogP contribution in [-0.4, -0.2) is 24.4 Å². The second-order valence-corrected chi connectivity index (χ2v) is 5.28. The van der Waals surface area contributed by atoms with Gasteiger partial charge in [-0.25, -0.2) is 4.90 Å². The van der Waals surface area contributed by atoms with Crippen molar-refractivity contribution in [2.45, 2.75) is 31.2 Å². The number of fused-ring (bicyclic) bond motifs is 1. The minimum Gasteiger partial charge on any atom is -0.388 e. The molecule has 19 heavy (non-hydrogen) atoms. The maximum Gasteiger partial charge on any atom is 0.253 e. The predicted molar refractivity (Wildman–Crippen MR) is 73.0 cm³/mol. The first-order valence-electron chi connectivity index (χ1n) is 6.52. The number of hydrogen-bond acceptors (Lipinski definition) is 4. The van der Waals surface area contributed by atoms with Gasteiger partial charge in [-0.05, 0) is 43.0 Å². The van der Waals surface area contributed by atoms with E-state index in [9.17, 15) is 9.59 Å². The van der Waals surface area contributed by atoms with Crippen molar-refractivity contribution in [2.24, 2.45) is 5.73 Å². The first-order chi connectivity index (χ1) is 9.05. The molecule has 1 aliphatic carbocycles. The van der Waals surface area contributed by atoms with Crippen LogP contribution in [0.25, 0.3) is 0 Å². The number of carbonyl (C=O) groups is 2. The highest BCUT2D eigenvalue weighted by Crippen LogP contribution is 2.38. The van der Waals surface area contributed by atoms with E-state index in [1.165, 1.54) is 4.90 Å². The largest absolute Gasteiger partial charge is 0.388 e. The Morgan fingerprint density at radius 1 is 1.37 bits per heavy atom. The lowest BCUT2D eigenvalue weighted by atomic mass is 9.99. The molecule has 2 amide bonds. The number of hydrogen-bond donors (Lipinski definition) is 2. The van der Waals surface area contributed by atoms with Crippen LogP contribution >= 0.6 is 0 Å². The van der Waals surface area contributed by atoms with Crippen LogP contribution in [0.5, 0.6) is 0 Å². The van der Waals surface area contributed by atoms with E-state index in [2.05, 4.69) is 5.32 Å². The molecule has 1 saturated carbocycles. The molecule has 1 aliphatic heterocycles. The van der Waals surface area contributed by atoms with Crippen molar-refractivity contribution in [1.29, 1.82) is 0 Å². The Morgan fingerprint density at radius 3 is 2.74 bits per heavy atom. The summed E-state index contributed by atoms with van der Waals surface area (Å²) >= 11 is 0. The molecule has 1 aromatic rings. The van der Waals surface area contributed by atoms with Crippen molar-refractivity contribution in [3.05, 3.63) is 23.8 Å². The van der Waals surface area contributed by atoms with E-state index in [1.807, 2.05) is 25.2 Å². The number of rotatable bonds is 2. The van der Waals surface area contributed by atoms with Crippen LogP contribution in [0.15, 0.2) is 18.2 Å². The number of benzene rings is 1. The van der Waals surface area contributed by atoms with Crippen LogP contribution in [-0.2, 0) is 16.0 Å². The summed E-state index contributed by atoms with van der Waals surface area (Å²) in [4.78, 5) is 25.7. The van der Waals surface area contributed by atoms with E-state index in [0.29, 0.717) is 31.4 Å². The van der Waals surface area contributed by atoms with Crippen molar-refractivity contribution in [2.75, 3.05) is 17.3 Å². The molecule has 1 heterocycles. The van der Waals surface area contributed by atoms with Crippen molar-refractivity contribution in [3.8, 4) is 0 Å². The zero-order valence-corrected chi connectivity index (χ0v) is 10.9. The molecule has 1 fully saturated rings. The van der Waals surface area contributed by atoms with Gasteiger partial charge in [-0.3, -0.25) is 9.59 Å². The SMILES string of the molecule is CNc1ccc2c(c1)CCC(=O)N2C(=O)C1(N)CC1. The van der Waals surface area contributed by atoms with Gasteiger partial charge >= 0.3 is 0 Å². The molecule has 5 nitrogen and oxygen atoms in total. The zero-order valence-electron chi connectivity index (χ0n) is 10.9. The second-order valence-electron chi connectivity index (χ2n) is 5.28. The summed E-state index contributed by atoms with van der Waals surface area (Å²) in [5.41, 5.74) is 7.82. The highest BCUT2D eigenvalue weighted by molar-refractivity contribution is 6.20. The van der Waals surface area contributed by atoms with Crippen molar-refractivity contribution >= 4 is 23.2 Å². The quantitative estimate of drug-likeness (QED) is 0.778. The minimum absolute atomic E-state index is 0.147. The summed E-state index contributed by atoms with van der Waals surface area (Å²) in [5, 5.41) is 3.06. The number of nitrogens with one attached hydrogen (secondary N) is 1. The van der Waals surface area contributed by atoms with Crippen LogP contribution in [0.2, 0.25) is 0 Å². The van der Waals surface area contributed by atoms with E-state index in [0.717, 1.165) is 11.3 Å². The fourth-order valence-electron chi connectivity index (χ4n) is 2.44. The molecule has 100 valence electrons. The van der Waals surface area contributed by atoms with E-state index < -0.39 is 5.54 Å². The lowest BCUT2D eigenvalue weighted by Gasteiger charge is -2.30. The van der Waals surface area contributed by atoms with Gasteiger partial charge in [-0.1, -0.05) is 0 Å². The molecule has 0 saturated heterocycles. The first kappa shape index (κ1) is 12.2. The third kappa shape index (κ3) is 1.90. The molecule has 0 spiro atoms. The molecule has 5 heteroatoms. The van der Waals surface area contributed by atoms with E-state index in [-0.39, 0.29) is 11.8 Å². The molecule has 0 bridgehead atoms. The van der Waals surface area contributed by atoms with Gasteiger partial charge in [0.15, 0.2) is 0 Å². The fourth-order valence-corrected chi connectivity index (χ4v) is 2.44. The Bertz CT molecular complexity index is 564. The van der Waals surface area contributed by atoms with Gasteiger partial charge < -0.3 is 11.1 Å². The number of aryl methyl sites for hydroxylation is 1. The first-order valence-corrected chi connectivity index (χ1v) is 6.52. The van der Waals surface area contributed by atoms with Crippen molar-refractivity contribution < 1.29 is 9.59 Å². The average Bonchev–Trinajstić information content (AvgIpc) is 3.17. The van der Waals surface area contributed by atoms with Gasteiger partial charge in [0.2, 0.25) is 5.91 Å². The number of anilines is 2. The van der Waals surface area contributed by atoms with Crippen LogP contribution in [0.4, 0.5) is 11.4 Å². The summed E-state index contributed by atoms with van der Waals surface area (Å²) < 4.78 is 0. The Labute approximate surface area is 111 Å². The number of carbonyl (C=O) groups excluding carboxylic acids is 2. The maximum atomic E-state index is 12.4. The number of imide groups is 1. The molecule has 2 aliphatic rings. The van der Waals surface area contributed by atoms with Gasteiger partial charge in [0.25, 0.3) is 5.91 Å². The zero-order chi connectivity index (χ0) is 13.6. The fraction of sp³-hybridized carbons (Fsp3) is 0.429. The highest BCUT2D eigenvalue weighted by Gasteiger charge is 2.50. The van der Waals surface area contributed by atoms with E-state index in [4.69, 9.17) is 5.73 Å². The Kier molecular flexibility index (Phi) is 2.60. The van der Waals surface area contributed by atoms with Crippen LogP contribution in [0.3, 0.4) is 0 Å².